The summed E-state index contributed by atoms with van der Waals surface area (Å²) in [7, 11) is 1.36. The highest BCUT2D eigenvalue weighted by Crippen LogP contribution is 2.30. The lowest BCUT2D eigenvalue weighted by Crippen LogP contribution is -2.43. The average molecular weight is 325 g/mol. The summed E-state index contributed by atoms with van der Waals surface area (Å²) in [6, 6.07) is 17.0. The number of benzene rings is 2. The van der Waals surface area contributed by atoms with E-state index in [1.54, 1.807) is 0 Å². The predicted octanol–water partition coefficient (Wildman–Crippen LogP) is 3.18. The maximum atomic E-state index is 12.5. The van der Waals surface area contributed by atoms with E-state index in [9.17, 15) is 9.59 Å². The Hall–Kier alpha value is -2.82. The zero-order valence-electron chi connectivity index (χ0n) is 13.5. The van der Waals surface area contributed by atoms with Crippen molar-refractivity contribution in [3.63, 3.8) is 0 Å². The minimum atomic E-state index is -0.458. The topological polar surface area (TPSA) is 55.8 Å². The van der Waals surface area contributed by atoms with Gasteiger partial charge in [-0.1, -0.05) is 48.5 Å². The minimum Gasteiger partial charge on any atom is -0.469 e. The van der Waals surface area contributed by atoms with Gasteiger partial charge in [-0.05, 0) is 23.6 Å². The normalized spacial score (nSPS) is 16.2. The van der Waals surface area contributed by atoms with Crippen molar-refractivity contribution in [3.05, 3.63) is 65.7 Å². The number of para-hydroxylation sites is 1. The zero-order valence-corrected chi connectivity index (χ0v) is 13.5. The van der Waals surface area contributed by atoms with E-state index in [4.69, 9.17) is 9.47 Å². The van der Waals surface area contributed by atoms with Crippen molar-refractivity contribution in [1.29, 1.82) is 0 Å². The highest BCUT2D eigenvalue weighted by Gasteiger charge is 2.33. The second-order valence-electron chi connectivity index (χ2n) is 5.70. The highest BCUT2D eigenvalue weighted by atomic mass is 16.6. The molecule has 0 N–H and O–H groups in total. The smallest absolute Gasteiger partial charge is 0.414 e. The molecular formula is C19H19NO4. The van der Waals surface area contributed by atoms with Crippen LogP contribution in [0.3, 0.4) is 0 Å². The molecule has 0 fully saturated rings. The first-order chi connectivity index (χ1) is 11.7. The number of anilines is 1. The molecule has 2 aromatic rings. The van der Waals surface area contributed by atoms with Gasteiger partial charge >= 0.3 is 12.1 Å². The van der Waals surface area contributed by atoms with Gasteiger partial charge in [0.15, 0.2) is 0 Å². The van der Waals surface area contributed by atoms with E-state index >= 15 is 0 Å². The Labute approximate surface area is 140 Å². The highest BCUT2D eigenvalue weighted by molar-refractivity contribution is 5.91. The van der Waals surface area contributed by atoms with Crippen LogP contribution in [0.5, 0.6) is 0 Å². The fourth-order valence-corrected chi connectivity index (χ4v) is 2.89. The minimum absolute atomic E-state index is 0.196. The third-order valence-corrected chi connectivity index (χ3v) is 4.11. The lowest BCUT2D eigenvalue weighted by atomic mass is 9.93. The number of nitrogens with zero attached hydrogens (tertiary/aromatic N) is 1. The molecule has 0 aliphatic carbocycles. The molecule has 0 saturated heterocycles. The summed E-state index contributed by atoms with van der Waals surface area (Å²) in [4.78, 5) is 26.0. The van der Waals surface area contributed by atoms with Crippen LogP contribution in [0, 0.1) is 5.92 Å². The summed E-state index contributed by atoms with van der Waals surface area (Å²) >= 11 is 0. The van der Waals surface area contributed by atoms with Gasteiger partial charge in [-0.2, -0.15) is 0 Å². The van der Waals surface area contributed by atoms with Crippen LogP contribution in [-0.4, -0.2) is 25.7 Å². The molecule has 0 radical (unpaired) electrons. The van der Waals surface area contributed by atoms with E-state index in [1.807, 2.05) is 54.6 Å². The molecule has 1 unspecified atom stereocenters. The van der Waals surface area contributed by atoms with Gasteiger partial charge in [-0.15, -0.1) is 0 Å². The quantitative estimate of drug-likeness (QED) is 0.813. The van der Waals surface area contributed by atoms with E-state index in [0.29, 0.717) is 6.42 Å². The molecule has 5 heteroatoms. The number of hydrogen-bond donors (Lipinski definition) is 0. The molecule has 3 rings (SSSR count). The molecule has 1 amide bonds. The van der Waals surface area contributed by atoms with Crippen molar-refractivity contribution in [2.45, 2.75) is 13.0 Å². The predicted molar refractivity (Wildman–Crippen MR) is 89.6 cm³/mol. The van der Waals surface area contributed by atoms with E-state index in [1.165, 1.54) is 12.0 Å². The monoisotopic (exact) mass is 325 g/mol. The van der Waals surface area contributed by atoms with Crippen LogP contribution in [-0.2, 0) is 27.3 Å². The number of carbonyl (C=O) groups is 2. The fraction of sp³-hybridized carbons (Fsp3) is 0.263. The molecule has 0 spiro atoms. The first-order valence-corrected chi connectivity index (χ1v) is 7.83. The summed E-state index contributed by atoms with van der Waals surface area (Å²) in [5.41, 5.74) is 2.65. The fourth-order valence-electron chi connectivity index (χ4n) is 2.89. The number of amides is 1. The summed E-state index contributed by atoms with van der Waals surface area (Å²) < 4.78 is 10.3. The lowest BCUT2D eigenvalue weighted by molar-refractivity contribution is -0.145. The number of rotatable bonds is 3. The van der Waals surface area contributed by atoms with Crippen LogP contribution in [0.15, 0.2) is 54.6 Å². The molecule has 24 heavy (non-hydrogen) atoms. The maximum Gasteiger partial charge on any atom is 0.414 e. The Morgan fingerprint density at radius 1 is 1.08 bits per heavy atom. The Morgan fingerprint density at radius 2 is 1.79 bits per heavy atom. The van der Waals surface area contributed by atoms with Crippen LogP contribution in [0.1, 0.15) is 11.1 Å². The van der Waals surface area contributed by atoms with E-state index in [0.717, 1.165) is 16.8 Å². The largest absolute Gasteiger partial charge is 0.469 e. The van der Waals surface area contributed by atoms with Crippen LogP contribution in [0.4, 0.5) is 10.5 Å². The second-order valence-corrected chi connectivity index (χ2v) is 5.70. The van der Waals surface area contributed by atoms with Gasteiger partial charge in [0.05, 0.1) is 18.7 Å². The maximum absolute atomic E-state index is 12.5. The Balaban J connectivity index is 1.77. The van der Waals surface area contributed by atoms with Gasteiger partial charge < -0.3 is 9.47 Å². The summed E-state index contributed by atoms with van der Waals surface area (Å²) in [5.74, 6) is -0.695. The van der Waals surface area contributed by atoms with Gasteiger partial charge in [0.2, 0.25) is 0 Å². The molecule has 2 aromatic carbocycles. The molecule has 1 aliphatic heterocycles. The van der Waals surface area contributed by atoms with Gasteiger partial charge in [0.25, 0.3) is 0 Å². The van der Waals surface area contributed by atoms with E-state index in [-0.39, 0.29) is 25.0 Å². The van der Waals surface area contributed by atoms with Crippen molar-refractivity contribution in [3.8, 4) is 0 Å². The van der Waals surface area contributed by atoms with Crippen LogP contribution in [0.25, 0.3) is 0 Å². The molecule has 1 atom stereocenters. The van der Waals surface area contributed by atoms with Crippen LogP contribution >= 0.6 is 0 Å². The first-order valence-electron chi connectivity index (χ1n) is 7.83. The standard InChI is InChI=1S/C19H19NO4/c1-23-18(21)16-11-15-9-5-6-10-17(15)20(12-16)19(22)24-13-14-7-3-2-4-8-14/h2-10,16H,11-13H2,1H3. The van der Waals surface area contributed by atoms with Gasteiger partial charge in [0.1, 0.15) is 6.61 Å². The number of fused-ring (bicyclic) bond motifs is 1. The van der Waals surface area contributed by atoms with E-state index in [2.05, 4.69) is 0 Å². The molecule has 0 aromatic heterocycles. The molecule has 1 heterocycles. The van der Waals surface area contributed by atoms with Crippen LogP contribution < -0.4 is 4.90 Å². The molecular weight excluding hydrogens is 306 g/mol. The van der Waals surface area contributed by atoms with Gasteiger partial charge in [-0.3, -0.25) is 9.69 Å². The third kappa shape index (κ3) is 3.40. The van der Waals surface area contributed by atoms with E-state index < -0.39 is 6.09 Å². The van der Waals surface area contributed by atoms with Gasteiger partial charge in [-0.25, -0.2) is 4.79 Å². The second kappa shape index (κ2) is 7.17. The molecule has 0 bridgehead atoms. The van der Waals surface area contributed by atoms with Crippen LogP contribution in [0.2, 0.25) is 0 Å². The summed E-state index contributed by atoms with van der Waals surface area (Å²) in [5, 5.41) is 0. The van der Waals surface area contributed by atoms with Crippen molar-refractivity contribution in [1.82, 2.24) is 0 Å². The molecule has 124 valence electrons. The van der Waals surface area contributed by atoms with Crippen molar-refractivity contribution in [2.24, 2.45) is 5.92 Å². The number of hydrogen-bond acceptors (Lipinski definition) is 4. The Morgan fingerprint density at radius 3 is 2.54 bits per heavy atom. The van der Waals surface area contributed by atoms with Crippen molar-refractivity contribution >= 4 is 17.7 Å². The Bertz CT molecular complexity index is 729. The SMILES string of the molecule is COC(=O)C1Cc2ccccc2N(C(=O)OCc2ccccc2)C1. The number of carbonyl (C=O) groups excluding carboxylic acids is 2. The molecule has 1 aliphatic rings. The third-order valence-electron chi connectivity index (χ3n) is 4.11. The van der Waals surface area contributed by atoms with Gasteiger partial charge in [0, 0.05) is 6.54 Å². The Kier molecular flexibility index (Phi) is 4.79. The lowest BCUT2D eigenvalue weighted by Gasteiger charge is -2.32. The number of methoxy groups -OCH3 is 1. The first kappa shape index (κ1) is 16.1. The number of ether oxygens (including phenoxy) is 2. The summed E-state index contributed by atoms with van der Waals surface area (Å²) in [6.07, 6.45) is 0.102. The molecule has 5 nitrogen and oxygen atoms in total. The van der Waals surface area contributed by atoms with Crippen molar-refractivity contribution in [2.75, 3.05) is 18.6 Å². The zero-order chi connectivity index (χ0) is 16.9. The average Bonchev–Trinajstić information content (AvgIpc) is 2.65. The summed E-state index contributed by atoms with van der Waals surface area (Å²) in [6.45, 7) is 0.457. The molecule has 0 saturated carbocycles. The number of esters is 1. The van der Waals surface area contributed by atoms with Crippen molar-refractivity contribution < 1.29 is 19.1 Å².